The Kier molecular flexibility index (Phi) is 8.98. The van der Waals surface area contributed by atoms with E-state index in [0.717, 1.165) is 16.1 Å². The quantitative estimate of drug-likeness (QED) is 0.377. The first kappa shape index (κ1) is 28.3. The SMILES string of the molecule is CCNC(=O)[C@@H](Cc1ccccc1)N(Cc1cccc(Cl)c1)C(=O)CN(c1ccc2c(c1)OCO2)S(C)(=O)=O. The third-order valence-corrected chi connectivity index (χ3v) is 7.56. The van der Waals surface area contributed by atoms with Crippen molar-refractivity contribution < 1.29 is 27.5 Å². The third-order valence-electron chi connectivity index (χ3n) is 6.19. The van der Waals surface area contributed by atoms with Gasteiger partial charge in [-0.25, -0.2) is 8.42 Å². The van der Waals surface area contributed by atoms with E-state index >= 15 is 0 Å². The molecule has 1 aliphatic rings. The topological polar surface area (TPSA) is 105 Å². The van der Waals surface area contributed by atoms with Gasteiger partial charge in [-0.2, -0.15) is 0 Å². The summed E-state index contributed by atoms with van der Waals surface area (Å²) in [7, 11) is -3.89. The summed E-state index contributed by atoms with van der Waals surface area (Å²) in [5.41, 5.74) is 1.80. The van der Waals surface area contributed by atoms with E-state index in [-0.39, 0.29) is 31.4 Å². The van der Waals surface area contributed by atoms with Crippen LogP contribution in [0.1, 0.15) is 18.1 Å². The van der Waals surface area contributed by atoms with Crippen molar-refractivity contribution in [2.75, 3.05) is 30.4 Å². The number of ether oxygens (including phenoxy) is 2. The molecule has 0 spiro atoms. The second-order valence-electron chi connectivity index (χ2n) is 9.06. The van der Waals surface area contributed by atoms with Crippen molar-refractivity contribution in [1.29, 1.82) is 0 Å². The molecule has 0 fully saturated rings. The van der Waals surface area contributed by atoms with E-state index in [9.17, 15) is 18.0 Å². The molecule has 0 unspecified atom stereocenters. The molecule has 206 valence electrons. The van der Waals surface area contributed by atoms with Gasteiger partial charge < -0.3 is 19.7 Å². The monoisotopic (exact) mass is 571 g/mol. The van der Waals surface area contributed by atoms with Gasteiger partial charge in [0.15, 0.2) is 11.5 Å². The molecule has 11 heteroatoms. The Hall–Kier alpha value is -3.76. The zero-order valence-electron chi connectivity index (χ0n) is 21.7. The van der Waals surface area contributed by atoms with Crippen molar-refractivity contribution in [3.05, 3.63) is 88.9 Å². The highest BCUT2D eigenvalue weighted by Crippen LogP contribution is 2.36. The normalized spacial score (nSPS) is 13.0. The molecule has 0 aliphatic carbocycles. The average Bonchev–Trinajstić information content (AvgIpc) is 3.37. The van der Waals surface area contributed by atoms with Gasteiger partial charge in [-0.1, -0.05) is 54.1 Å². The lowest BCUT2D eigenvalue weighted by atomic mass is 10.0. The molecule has 1 heterocycles. The Balaban J connectivity index is 1.72. The first-order valence-corrected chi connectivity index (χ1v) is 14.6. The molecule has 0 saturated heterocycles. The van der Waals surface area contributed by atoms with Crippen molar-refractivity contribution in [3.63, 3.8) is 0 Å². The number of rotatable bonds is 11. The highest BCUT2D eigenvalue weighted by Gasteiger charge is 2.33. The number of hydrogen-bond acceptors (Lipinski definition) is 6. The maximum atomic E-state index is 14.0. The number of nitrogens with one attached hydrogen (secondary N) is 1. The number of carbonyl (C=O) groups is 2. The zero-order valence-corrected chi connectivity index (χ0v) is 23.2. The van der Waals surface area contributed by atoms with Crippen molar-refractivity contribution >= 4 is 39.1 Å². The number of likely N-dealkylation sites (N-methyl/N-ethyl adjacent to an activating group) is 1. The fourth-order valence-corrected chi connectivity index (χ4v) is 5.39. The van der Waals surface area contributed by atoms with Crippen LogP contribution in [0.25, 0.3) is 0 Å². The molecule has 9 nitrogen and oxygen atoms in total. The van der Waals surface area contributed by atoms with Crippen molar-refractivity contribution in [1.82, 2.24) is 10.2 Å². The first-order valence-electron chi connectivity index (χ1n) is 12.4. The summed E-state index contributed by atoms with van der Waals surface area (Å²) in [5, 5.41) is 3.30. The van der Waals surface area contributed by atoms with E-state index in [1.165, 1.54) is 11.0 Å². The molecular formula is C28H30ClN3O6S. The van der Waals surface area contributed by atoms with Gasteiger partial charge in [0.2, 0.25) is 28.6 Å². The largest absolute Gasteiger partial charge is 0.454 e. The number of benzene rings is 3. The summed E-state index contributed by atoms with van der Waals surface area (Å²) in [6.07, 6.45) is 1.26. The van der Waals surface area contributed by atoms with Crippen LogP contribution in [0.2, 0.25) is 5.02 Å². The van der Waals surface area contributed by atoms with Crippen LogP contribution in [-0.2, 0) is 32.6 Å². The summed E-state index contributed by atoms with van der Waals surface area (Å²) >= 11 is 6.21. The summed E-state index contributed by atoms with van der Waals surface area (Å²) in [6.45, 7) is 1.72. The number of sulfonamides is 1. The summed E-state index contributed by atoms with van der Waals surface area (Å²) < 4.78 is 37.5. The van der Waals surface area contributed by atoms with Gasteiger partial charge in [0.25, 0.3) is 0 Å². The number of carbonyl (C=O) groups excluding carboxylic acids is 2. The number of hydrogen-bond donors (Lipinski definition) is 1. The molecule has 4 rings (SSSR count). The Morgan fingerprint density at radius 1 is 0.974 bits per heavy atom. The van der Waals surface area contributed by atoms with Gasteiger partial charge in [-0.3, -0.25) is 13.9 Å². The fourth-order valence-electron chi connectivity index (χ4n) is 4.33. The Morgan fingerprint density at radius 2 is 1.69 bits per heavy atom. The zero-order chi connectivity index (χ0) is 28.0. The van der Waals surface area contributed by atoms with Crippen LogP contribution < -0.4 is 19.1 Å². The minimum atomic E-state index is -3.89. The Morgan fingerprint density at radius 3 is 2.38 bits per heavy atom. The van der Waals surface area contributed by atoms with Crippen molar-refractivity contribution in [2.45, 2.75) is 25.9 Å². The van der Waals surface area contributed by atoms with Gasteiger partial charge in [-0.15, -0.1) is 0 Å². The van der Waals surface area contributed by atoms with Crippen LogP contribution in [0.3, 0.4) is 0 Å². The molecule has 0 radical (unpaired) electrons. The second kappa shape index (κ2) is 12.4. The summed E-state index contributed by atoms with van der Waals surface area (Å²) in [4.78, 5) is 28.7. The van der Waals surface area contributed by atoms with Crippen molar-refractivity contribution in [3.8, 4) is 11.5 Å². The van der Waals surface area contributed by atoms with Crippen LogP contribution in [0.5, 0.6) is 11.5 Å². The first-order chi connectivity index (χ1) is 18.7. The van der Waals surface area contributed by atoms with Crippen LogP contribution in [0.15, 0.2) is 72.8 Å². The molecular weight excluding hydrogens is 542 g/mol. The lowest BCUT2D eigenvalue weighted by Crippen LogP contribution is -2.53. The standard InChI is InChI=1S/C28H30ClN3O6S/c1-3-30-28(34)24(15-20-8-5-4-6-9-20)31(17-21-10-7-11-22(29)14-21)27(33)18-32(39(2,35)36)23-12-13-25-26(16-23)38-19-37-25/h4-14,16,24H,3,15,17-19H2,1-2H3,(H,30,34)/t24-/m1/s1. The highest BCUT2D eigenvalue weighted by molar-refractivity contribution is 7.92. The van der Waals surface area contributed by atoms with E-state index in [1.54, 1.807) is 43.3 Å². The molecule has 0 aromatic heterocycles. The summed E-state index contributed by atoms with van der Waals surface area (Å²) in [5.74, 6) is -0.0232. The van der Waals surface area contributed by atoms with E-state index in [0.29, 0.717) is 28.6 Å². The number of nitrogens with zero attached hydrogens (tertiary/aromatic N) is 2. The smallest absolute Gasteiger partial charge is 0.244 e. The number of anilines is 1. The van der Waals surface area contributed by atoms with E-state index < -0.39 is 28.5 Å². The lowest BCUT2D eigenvalue weighted by molar-refractivity contribution is -0.140. The molecule has 1 atom stereocenters. The predicted octanol–water partition coefficient (Wildman–Crippen LogP) is 3.61. The molecule has 1 N–H and O–H groups in total. The van der Waals surface area contributed by atoms with Crippen LogP contribution >= 0.6 is 11.6 Å². The predicted molar refractivity (Wildman–Crippen MR) is 149 cm³/mol. The minimum Gasteiger partial charge on any atom is -0.454 e. The molecule has 39 heavy (non-hydrogen) atoms. The maximum absolute atomic E-state index is 14.0. The third kappa shape index (κ3) is 7.21. The molecule has 3 aromatic rings. The summed E-state index contributed by atoms with van der Waals surface area (Å²) in [6, 6.07) is 20.1. The van der Waals surface area contributed by atoms with Crippen LogP contribution in [-0.4, -0.2) is 57.3 Å². The minimum absolute atomic E-state index is 0.0255. The van der Waals surface area contributed by atoms with E-state index in [1.807, 2.05) is 30.3 Å². The Bertz CT molecular complexity index is 1430. The van der Waals surface area contributed by atoms with E-state index in [4.69, 9.17) is 21.1 Å². The van der Waals surface area contributed by atoms with Gasteiger partial charge in [0, 0.05) is 30.6 Å². The Labute approximate surface area is 233 Å². The lowest BCUT2D eigenvalue weighted by Gasteiger charge is -2.33. The molecule has 1 aliphatic heterocycles. The van der Waals surface area contributed by atoms with Crippen LogP contribution in [0, 0.1) is 0 Å². The maximum Gasteiger partial charge on any atom is 0.244 e. The second-order valence-corrected chi connectivity index (χ2v) is 11.4. The number of fused-ring (bicyclic) bond motifs is 1. The van der Waals surface area contributed by atoms with Crippen molar-refractivity contribution in [2.24, 2.45) is 0 Å². The fraction of sp³-hybridized carbons (Fsp3) is 0.286. The van der Waals surface area contributed by atoms with Gasteiger partial charge >= 0.3 is 0 Å². The van der Waals surface area contributed by atoms with E-state index in [2.05, 4.69) is 5.32 Å². The van der Waals surface area contributed by atoms with Gasteiger partial charge in [0.1, 0.15) is 12.6 Å². The molecule has 3 aromatic carbocycles. The van der Waals surface area contributed by atoms with Gasteiger partial charge in [-0.05, 0) is 42.3 Å². The molecule has 0 bridgehead atoms. The highest BCUT2D eigenvalue weighted by atomic mass is 35.5. The number of amides is 2. The van der Waals surface area contributed by atoms with Gasteiger partial charge in [0.05, 0.1) is 11.9 Å². The van der Waals surface area contributed by atoms with Crippen LogP contribution in [0.4, 0.5) is 5.69 Å². The molecule has 2 amide bonds. The number of halogens is 1. The average molecular weight is 572 g/mol. The molecule has 0 saturated carbocycles.